The number of carbonyl (C=O) groups is 3. The van der Waals surface area contributed by atoms with Crippen molar-refractivity contribution in [3.8, 4) is 22.6 Å². The van der Waals surface area contributed by atoms with Gasteiger partial charge in [0, 0.05) is 13.0 Å². The molecule has 0 radical (unpaired) electrons. The van der Waals surface area contributed by atoms with Gasteiger partial charge in [-0.05, 0) is 47.9 Å². The van der Waals surface area contributed by atoms with E-state index in [1.807, 2.05) is 19.1 Å². The Morgan fingerprint density at radius 2 is 1.46 bits per heavy atom. The molecule has 206 valence electrons. The molecule has 0 fully saturated rings. The summed E-state index contributed by atoms with van der Waals surface area (Å²) in [5.41, 5.74) is 2.62. The topological polar surface area (TPSA) is 131 Å². The standard InChI is InChI=1S/C28H27Cl2NO8/c1-4-39-14-16-10-22(37-2)24(23(11-16)38-3)17-7-5-15(6-8-17)9-21(28(35)36)31-26(32)25-19(29)12-18(27(33)34)13-20(25)30/h5-8,10-13,21H,4,9,14H2,1-3H3,(H,31,32)(H,33,34)(H,35,36). The Hall–Kier alpha value is -3.79. The van der Waals surface area contributed by atoms with Gasteiger partial charge in [0.15, 0.2) is 0 Å². The Bertz CT molecular complexity index is 1330. The maximum Gasteiger partial charge on any atom is 0.335 e. The van der Waals surface area contributed by atoms with Crippen molar-refractivity contribution in [3.63, 3.8) is 0 Å². The zero-order valence-electron chi connectivity index (χ0n) is 21.4. The second-order valence-electron chi connectivity index (χ2n) is 8.40. The normalized spacial score (nSPS) is 11.5. The summed E-state index contributed by atoms with van der Waals surface area (Å²) in [5, 5.41) is 20.9. The Morgan fingerprint density at radius 1 is 0.897 bits per heavy atom. The third-order valence-electron chi connectivity index (χ3n) is 5.84. The van der Waals surface area contributed by atoms with Crippen LogP contribution in [-0.4, -0.2) is 54.9 Å². The number of ether oxygens (including phenoxy) is 3. The number of aliphatic carboxylic acids is 1. The monoisotopic (exact) mass is 575 g/mol. The van der Waals surface area contributed by atoms with Gasteiger partial charge in [-0.2, -0.15) is 0 Å². The molecule has 1 atom stereocenters. The van der Waals surface area contributed by atoms with Gasteiger partial charge in [-0.15, -0.1) is 0 Å². The molecule has 3 rings (SSSR count). The second kappa shape index (κ2) is 13.3. The number of carboxylic acid groups (broad SMARTS) is 2. The predicted molar refractivity (Wildman–Crippen MR) is 146 cm³/mol. The highest BCUT2D eigenvalue weighted by atomic mass is 35.5. The van der Waals surface area contributed by atoms with E-state index in [-0.39, 0.29) is 27.6 Å². The number of hydrogen-bond donors (Lipinski definition) is 3. The number of methoxy groups -OCH3 is 2. The number of halogens is 2. The number of amides is 1. The molecule has 9 nitrogen and oxygen atoms in total. The Kier molecular flexibility index (Phi) is 10.2. The number of carbonyl (C=O) groups excluding carboxylic acids is 1. The van der Waals surface area contributed by atoms with E-state index < -0.39 is 23.9 Å². The van der Waals surface area contributed by atoms with Crippen molar-refractivity contribution in [1.29, 1.82) is 0 Å². The van der Waals surface area contributed by atoms with Crippen molar-refractivity contribution < 1.29 is 38.8 Å². The third-order valence-corrected chi connectivity index (χ3v) is 6.44. The fourth-order valence-corrected chi connectivity index (χ4v) is 4.60. The van der Waals surface area contributed by atoms with Gasteiger partial charge in [-0.25, -0.2) is 9.59 Å². The molecule has 0 spiro atoms. The molecule has 3 N–H and O–H groups in total. The minimum atomic E-state index is -1.31. The molecule has 3 aromatic carbocycles. The number of carboxylic acids is 2. The first-order valence-corrected chi connectivity index (χ1v) is 12.5. The summed E-state index contributed by atoms with van der Waals surface area (Å²) in [6.07, 6.45) is -0.0363. The maximum absolute atomic E-state index is 12.8. The lowest BCUT2D eigenvalue weighted by molar-refractivity contribution is -0.139. The molecule has 0 saturated carbocycles. The van der Waals surface area contributed by atoms with Crippen LogP contribution in [0.2, 0.25) is 10.0 Å². The van der Waals surface area contributed by atoms with Crippen LogP contribution in [-0.2, 0) is 22.6 Å². The van der Waals surface area contributed by atoms with Crippen LogP contribution in [0.5, 0.6) is 11.5 Å². The fourth-order valence-electron chi connectivity index (χ4n) is 3.94. The average molecular weight is 576 g/mol. The van der Waals surface area contributed by atoms with E-state index in [0.717, 1.165) is 28.8 Å². The highest BCUT2D eigenvalue weighted by Gasteiger charge is 2.25. The molecule has 0 heterocycles. The van der Waals surface area contributed by atoms with Gasteiger partial charge in [0.25, 0.3) is 5.91 Å². The van der Waals surface area contributed by atoms with Gasteiger partial charge >= 0.3 is 11.9 Å². The fraction of sp³-hybridized carbons (Fsp3) is 0.250. The summed E-state index contributed by atoms with van der Waals surface area (Å²) < 4.78 is 16.7. The maximum atomic E-state index is 12.8. The summed E-state index contributed by atoms with van der Waals surface area (Å²) in [6.45, 7) is 2.89. The molecule has 0 saturated heterocycles. The first-order chi connectivity index (χ1) is 18.6. The van der Waals surface area contributed by atoms with Crippen LogP contribution >= 0.6 is 23.2 Å². The summed E-state index contributed by atoms with van der Waals surface area (Å²) in [5.74, 6) is -2.19. The van der Waals surface area contributed by atoms with Crippen molar-refractivity contribution in [2.75, 3.05) is 20.8 Å². The second-order valence-corrected chi connectivity index (χ2v) is 9.21. The molecule has 0 bridgehead atoms. The molecule has 1 amide bonds. The van der Waals surface area contributed by atoms with E-state index in [9.17, 15) is 19.5 Å². The van der Waals surface area contributed by atoms with Crippen molar-refractivity contribution in [1.82, 2.24) is 5.32 Å². The minimum Gasteiger partial charge on any atom is -0.496 e. The largest absolute Gasteiger partial charge is 0.496 e. The van der Waals surface area contributed by atoms with Crippen LogP contribution in [0, 0.1) is 0 Å². The lowest BCUT2D eigenvalue weighted by Gasteiger charge is -2.18. The van der Waals surface area contributed by atoms with E-state index in [1.54, 1.807) is 38.5 Å². The molecule has 3 aromatic rings. The van der Waals surface area contributed by atoms with Gasteiger partial charge in [-0.3, -0.25) is 4.79 Å². The smallest absolute Gasteiger partial charge is 0.335 e. The summed E-state index contributed by atoms with van der Waals surface area (Å²) in [7, 11) is 3.12. The Labute approximate surface area is 235 Å². The number of benzene rings is 3. The van der Waals surface area contributed by atoms with Crippen LogP contribution in [0.4, 0.5) is 0 Å². The van der Waals surface area contributed by atoms with Gasteiger partial charge in [0.1, 0.15) is 17.5 Å². The highest BCUT2D eigenvalue weighted by molar-refractivity contribution is 6.40. The van der Waals surface area contributed by atoms with Crippen LogP contribution in [0.1, 0.15) is 38.8 Å². The SMILES string of the molecule is CCOCc1cc(OC)c(-c2ccc(CC(NC(=O)c3c(Cl)cc(C(=O)O)cc3Cl)C(=O)O)cc2)c(OC)c1. The molecular formula is C28H27Cl2NO8. The highest BCUT2D eigenvalue weighted by Crippen LogP contribution is 2.40. The van der Waals surface area contributed by atoms with E-state index in [0.29, 0.717) is 30.3 Å². The first-order valence-electron chi connectivity index (χ1n) is 11.8. The van der Waals surface area contributed by atoms with Gasteiger partial charge in [0.2, 0.25) is 0 Å². The molecule has 39 heavy (non-hydrogen) atoms. The van der Waals surface area contributed by atoms with Crippen molar-refractivity contribution in [3.05, 3.63) is 80.8 Å². The quantitative estimate of drug-likeness (QED) is 0.264. The summed E-state index contributed by atoms with van der Waals surface area (Å²) in [4.78, 5) is 35.9. The summed E-state index contributed by atoms with van der Waals surface area (Å²) >= 11 is 12.1. The molecule has 0 aliphatic heterocycles. The van der Waals surface area contributed by atoms with E-state index in [2.05, 4.69) is 5.32 Å². The third kappa shape index (κ3) is 7.20. The number of aromatic carboxylic acids is 1. The van der Waals surface area contributed by atoms with Crippen LogP contribution in [0.3, 0.4) is 0 Å². The molecule has 1 unspecified atom stereocenters. The van der Waals surface area contributed by atoms with E-state index >= 15 is 0 Å². The van der Waals surface area contributed by atoms with Gasteiger partial charge in [-0.1, -0.05) is 47.5 Å². The van der Waals surface area contributed by atoms with Crippen molar-refractivity contribution in [2.24, 2.45) is 0 Å². The zero-order chi connectivity index (χ0) is 28.7. The van der Waals surface area contributed by atoms with Crippen LogP contribution in [0.25, 0.3) is 11.1 Å². The zero-order valence-corrected chi connectivity index (χ0v) is 22.9. The van der Waals surface area contributed by atoms with E-state index in [1.165, 1.54) is 0 Å². The Morgan fingerprint density at radius 3 is 1.92 bits per heavy atom. The van der Waals surface area contributed by atoms with Gasteiger partial charge in [0.05, 0.1) is 47.6 Å². The number of nitrogens with one attached hydrogen (secondary N) is 1. The average Bonchev–Trinajstić information content (AvgIpc) is 2.90. The predicted octanol–water partition coefficient (Wildman–Crippen LogP) is 5.34. The molecule has 11 heteroatoms. The van der Waals surface area contributed by atoms with Crippen LogP contribution < -0.4 is 14.8 Å². The summed E-state index contributed by atoms with van der Waals surface area (Å²) in [6, 6.07) is 11.7. The minimum absolute atomic E-state index is 0.0363. The molecule has 0 aliphatic rings. The molecular weight excluding hydrogens is 549 g/mol. The Balaban J connectivity index is 1.83. The number of rotatable bonds is 12. The number of hydrogen-bond acceptors (Lipinski definition) is 6. The first kappa shape index (κ1) is 29.8. The van der Waals surface area contributed by atoms with Crippen LogP contribution in [0.15, 0.2) is 48.5 Å². The lowest BCUT2D eigenvalue weighted by atomic mass is 9.98. The molecule has 0 aliphatic carbocycles. The lowest BCUT2D eigenvalue weighted by Crippen LogP contribution is -2.42. The molecule has 0 aromatic heterocycles. The van der Waals surface area contributed by atoms with Crippen molar-refractivity contribution in [2.45, 2.75) is 26.0 Å². The van der Waals surface area contributed by atoms with Gasteiger partial charge < -0.3 is 29.7 Å². The van der Waals surface area contributed by atoms with Crippen molar-refractivity contribution >= 4 is 41.0 Å². The van der Waals surface area contributed by atoms with E-state index in [4.69, 9.17) is 42.5 Å².